The Balaban J connectivity index is 1.63. The van der Waals surface area contributed by atoms with Crippen LogP contribution in [0.5, 0.6) is 11.5 Å². The molecule has 2 amide bonds. The van der Waals surface area contributed by atoms with E-state index in [9.17, 15) is 24.6 Å². The number of hydrogen-bond acceptors (Lipinski definition) is 7. The minimum atomic E-state index is -1.17. The van der Waals surface area contributed by atoms with Gasteiger partial charge in [-0.3, -0.25) is 14.4 Å². The molecule has 3 aromatic rings. The number of nitrogens with one attached hydrogen (secondary N) is 2. The molecule has 4 N–H and O–H groups in total. The lowest BCUT2D eigenvalue weighted by Crippen LogP contribution is -2.55. The second-order valence-corrected chi connectivity index (χ2v) is 10.7. The number of hydrogen-bond donors (Lipinski definition) is 4. The quantitative estimate of drug-likeness (QED) is 0.183. The summed E-state index contributed by atoms with van der Waals surface area (Å²) in [6.07, 6.45) is 0.662. The maximum Gasteiger partial charge on any atom is 0.247 e. The van der Waals surface area contributed by atoms with Crippen LogP contribution < -0.4 is 14.8 Å². The second kappa shape index (κ2) is 13.3. The van der Waals surface area contributed by atoms with E-state index in [4.69, 9.17) is 9.47 Å². The number of nitrogens with zero attached hydrogens (tertiary/aromatic N) is 1. The summed E-state index contributed by atoms with van der Waals surface area (Å²) in [5.41, 5.74) is 2.66. The molecule has 1 aliphatic carbocycles. The normalized spacial score (nSPS) is 18.6. The number of carbonyl (C=O) groups is 3. The minimum absolute atomic E-state index is 0.0601. The average Bonchev–Trinajstić information content (AvgIpc) is 3.37. The third-order valence-electron chi connectivity index (χ3n) is 6.87. The molecular weight excluding hydrogens is 629 g/mol. The Morgan fingerprint density at radius 3 is 2.70 bits per heavy atom. The molecule has 0 aliphatic heterocycles. The van der Waals surface area contributed by atoms with E-state index in [0.29, 0.717) is 45.5 Å². The number of para-hydroxylation sites is 1. The number of methoxy groups -OCH3 is 1. The number of aromatic amines is 1. The molecule has 1 aliphatic rings. The Kier molecular flexibility index (Phi) is 9.82. The van der Waals surface area contributed by atoms with Gasteiger partial charge in [-0.05, 0) is 58.3 Å². The summed E-state index contributed by atoms with van der Waals surface area (Å²) in [6, 6.07) is 12.3. The summed E-state index contributed by atoms with van der Waals surface area (Å²) in [5, 5.41) is 24.4. The van der Waals surface area contributed by atoms with Gasteiger partial charge in [0.25, 0.3) is 0 Å². The summed E-state index contributed by atoms with van der Waals surface area (Å²) in [4.78, 5) is 42.1. The molecule has 4 rings (SSSR count). The third kappa shape index (κ3) is 6.65. The highest BCUT2D eigenvalue weighted by Crippen LogP contribution is 2.37. The van der Waals surface area contributed by atoms with Gasteiger partial charge in [-0.25, -0.2) is 0 Å². The van der Waals surface area contributed by atoms with Crippen molar-refractivity contribution < 1.29 is 34.1 Å². The van der Waals surface area contributed by atoms with Crippen molar-refractivity contribution in [3.05, 3.63) is 68.9 Å². The highest BCUT2D eigenvalue weighted by atomic mass is 127. The van der Waals surface area contributed by atoms with Crippen molar-refractivity contribution in [1.29, 1.82) is 0 Å². The van der Waals surface area contributed by atoms with Gasteiger partial charge in [0.15, 0.2) is 11.5 Å². The van der Waals surface area contributed by atoms with E-state index < -0.39 is 24.2 Å². The maximum absolute atomic E-state index is 13.0. The topological polar surface area (TPSA) is 141 Å². The Morgan fingerprint density at radius 2 is 2.02 bits per heavy atom. The maximum atomic E-state index is 13.0. The molecule has 0 saturated heterocycles. The first-order valence-corrected chi connectivity index (χ1v) is 13.9. The fraction of sp³-hybridized carbons (Fsp3) is 0.345. The number of amides is 2. The number of fused-ring (bicyclic) bond motifs is 1. The van der Waals surface area contributed by atoms with Crippen molar-refractivity contribution in [3.63, 3.8) is 0 Å². The third-order valence-corrected chi connectivity index (χ3v) is 7.67. The van der Waals surface area contributed by atoms with E-state index in [2.05, 4.69) is 10.3 Å². The molecule has 0 spiro atoms. The SMILES string of the molecule is COc1cc(C=O)cc(I)c1OC1C=C(C(=O)NCCO)CC(N(CCc2cc3ccccc3[nH]2)C(C)=O)C1O. The molecule has 3 atom stereocenters. The van der Waals surface area contributed by atoms with Crippen molar-refractivity contribution in [2.75, 3.05) is 26.8 Å². The molecule has 2 aromatic carbocycles. The van der Waals surface area contributed by atoms with Crippen molar-refractivity contribution in [3.8, 4) is 11.5 Å². The van der Waals surface area contributed by atoms with Crippen LogP contribution in [0.4, 0.5) is 0 Å². The van der Waals surface area contributed by atoms with E-state index in [-0.39, 0.29) is 25.5 Å². The van der Waals surface area contributed by atoms with Crippen LogP contribution in [-0.2, 0) is 16.0 Å². The number of aliphatic hydroxyl groups is 2. The molecule has 0 saturated carbocycles. The second-order valence-electron chi connectivity index (χ2n) is 9.51. The van der Waals surface area contributed by atoms with Crippen LogP contribution in [0.15, 0.2) is 54.1 Å². The molecule has 0 radical (unpaired) electrons. The molecule has 1 heterocycles. The fourth-order valence-corrected chi connectivity index (χ4v) is 5.66. The van der Waals surface area contributed by atoms with Crippen LogP contribution in [0, 0.1) is 3.57 Å². The van der Waals surface area contributed by atoms with Crippen LogP contribution in [0.1, 0.15) is 29.4 Å². The van der Waals surface area contributed by atoms with Gasteiger partial charge in [0, 0.05) is 55.2 Å². The first-order chi connectivity index (χ1) is 19.2. The number of rotatable bonds is 11. The molecule has 1 aromatic heterocycles. The van der Waals surface area contributed by atoms with Crippen molar-refractivity contribution >= 4 is 51.6 Å². The molecule has 11 heteroatoms. The van der Waals surface area contributed by atoms with Gasteiger partial charge in [0.05, 0.1) is 23.3 Å². The zero-order valence-electron chi connectivity index (χ0n) is 22.2. The van der Waals surface area contributed by atoms with E-state index in [0.717, 1.165) is 16.6 Å². The molecule has 40 heavy (non-hydrogen) atoms. The first-order valence-electron chi connectivity index (χ1n) is 12.9. The number of halogens is 1. The predicted octanol–water partition coefficient (Wildman–Crippen LogP) is 2.60. The van der Waals surface area contributed by atoms with Gasteiger partial charge in [-0.1, -0.05) is 18.2 Å². The van der Waals surface area contributed by atoms with Crippen molar-refractivity contribution in [2.24, 2.45) is 0 Å². The Hall–Kier alpha value is -3.42. The lowest BCUT2D eigenvalue weighted by atomic mass is 9.88. The molecule has 212 valence electrons. The number of H-pyrrole nitrogens is 1. The Labute approximate surface area is 245 Å². The van der Waals surface area contributed by atoms with Gasteiger partial charge in [-0.2, -0.15) is 0 Å². The zero-order chi connectivity index (χ0) is 28.8. The van der Waals surface area contributed by atoms with Gasteiger partial charge in [0.2, 0.25) is 11.8 Å². The monoisotopic (exact) mass is 661 g/mol. The van der Waals surface area contributed by atoms with Crippen molar-refractivity contribution in [1.82, 2.24) is 15.2 Å². The highest BCUT2D eigenvalue weighted by Gasteiger charge is 2.40. The number of aldehydes is 1. The number of aromatic nitrogens is 1. The Morgan fingerprint density at radius 1 is 1.25 bits per heavy atom. The van der Waals surface area contributed by atoms with Gasteiger partial charge in [0.1, 0.15) is 18.5 Å². The summed E-state index contributed by atoms with van der Waals surface area (Å²) in [5.74, 6) is -0.0717. The highest BCUT2D eigenvalue weighted by molar-refractivity contribution is 14.1. The van der Waals surface area contributed by atoms with Gasteiger partial charge >= 0.3 is 0 Å². The van der Waals surface area contributed by atoms with E-state index in [1.807, 2.05) is 52.9 Å². The molecular formula is C29H32IN3O7. The van der Waals surface area contributed by atoms with E-state index in [1.54, 1.807) is 11.0 Å². The molecule has 3 unspecified atom stereocenters. The first kappa shape index (κ1) is 29.6. The molecule has 0 bridgehead atoms. The number of ether oxygens (including phenoxy) is 2. The largest absolute Gasteiger partial charge is 0.493 e. The fourth-order valence-electron chi connectivity index (χ4n) is 4.90. The van der Waals surface area contributed by atoms with Crippen LogP contribution in [0.3, 0.4) is 0 Å². The van der Waals surface area contributed by atoms with Crippen molar-refractivity contribution in [2.45, 2.75) is 38.0 Å². The standard InChI is InChI=1S/C29H32IN3O7/c1-17(36)33(9-7-21-13-19-5-3-4-6-23(19)32-21)24-14-20(29(38)31-8-10-34)15-25(27(24)37)40-28-22(30)11-18(16-35)12-26(28)39-2/h3-6,11-13,15-16,24-25,27,32,34,37H,7-10,14H2,1-2H3,(H,31,38). The summed E-state index contributed by atoms with van der Waals surface area (Å²) in [7, 11) is 1.44. The molecule has 0 fully saturated rings. The summed E-state index contributed by atoms with van der Waals surface area (Å²) in [6.45, 7) is 1.57. The Bertz CT molecular complexity index is 1390. The average molecular weight is 661 g/mol. The van der Waals surface area contributed by atoms with Crippen LogP contribution in [-0.4, -0.2) is 83.3 Å². The number of carbonyl (C=O) groups excluding carboxylic acids is 3. The molecule has 10 nitrogen and oxygen atoms in total. The zero-order valence-corrected chi connectivity index (χ0v) is 24.4. The summed E-state index contributed by atoms with van der Waals surface area (Å²) >= 11 is 2.01. The van der Waals surface area contributed by atoms with Crippen LogP contribution >= 0.6 is 22.6 Å². The van der Waals surface area contributed by atoms with Crippen LogP contribution in [0.25, 0.3) is 10.9 Å². The van der Waals surface area contributed by atoms with Crippen LogP contribution in [0.2, 0.25) is 0 Å². The van der Waals surface area contributed by atoms with Gasteiger partial charge < -0.3 is 34.9 Å². The lowest BCUT2D eigenvalue weighted by Gasteiger charge is -2.40. The smallest absolute Gasteiger partial charge is 0.247 e. The number of benzene rings is 2. The van der Waals surface area contributed by atoms with Gasteiger partial charge in [-0.15, -0.1) is 0 Å². The van der Waals surface area contributed by atoms with E-state index >= 15 is 0 Å². The number of aliphatic hydroxyl groups excluding tert-OH is 2. The predicted molar refractivity (Wildman–Crippen MR) is 157 cm³/mol. The lowest BCUT2D eigenvalue weighted by molar-refractivity contribution is -0.136. The summed E-state index contributed by atoms with van der Waals surface area (Å²) < 4.78 is 12.2. The van der Waals surface area contributed by atoms with E-state index in [1.165, 1.54) is 26.2 Å². The minimum Gasteiger partial charge on any atom is -0.493 e.